The summed E-state index contributed by atoms with van der Waals surface area (Å²) in [4.78, 5) is 14.1. The first-order valence-electron chi connectivity index (χ1n) is 6.91. The van der Waals surface area contributed by atoms with Crippen molar-refractivity contribution in [3.8, 4) is 5.75 Å². The number of halogens is 1. The summed E-state index contributed by atoms with van der Waals surface area (Å²) in [6.45, 7) is 4.81. The fourth-order valence-corrected chi connectivity index (χ4v) is 2.77. The van der Waals surface area contributed by atoms with Gasteiger partial charge in [0.15, 0.2) is 6.10 Å². The minimum absolute atomic E-state index is 0.0743. The number of ether oxygens (including phenoxy) is 1. The quantitative estimate of drug-likeness (QED) is 0.577. The number of amides is 1. The lowest BCUT2D eigenvalue weighted by Crippen LogP contribution is -2.44. The summed E-state index contributed by atoms with van der Waals surface area (Å²) in [7, 11) is 0. The van der Waals surface area contributed by atoms with Gasteiger partial charge in [0.05, 0.1) is 5.69 Å². The van der Waals surface area contributed by atoms with E-state index in [0.717, 1.165) is 28.0 Å². The number of fused-ring (bicyclic) bond motifs is 1. The summed E-state index contributed by atoms with van der Waals surface area (Å²) in [6, 6.07) is 6.00. The molecule has 0 N–H and O–H groups in total. The van der Waals surface area contributed by atoms with Gasteiger partial charge in [-0.1, -0.05) is 26.2 Å². The number of carbonyl (C=O) groups is 1. The number of hydrogen-bond donors (Lipinski definition) is 0. The fourth-order valence-electron chi connectivity index (χ4n) is 2.31. The summed E-state index contributed by atoms with van der Waals surface area (Å²) in [6.07, 6.45) is 4.29. The minimum atomic E-state index is -0.378. The molecule has 0 fully saturated rings. The van der Waals surface area contributed by atoms with Gasteiger partial charge in [0.1, 0.15) is 5.75 Å². The molecule has 0 saturated heterocycles. The van der Waals surface area contributed by atoms with Crippen molar-refractivity contribution in [2.24, 2.45) is 0 Å². The van der Waals surface area contributed by atoms with Crippen molar-refractivity contribution in [1.29, 1.82) is 0 Å². The van der Waals surface area contributed by atoms with Gasteiger partial charge >= 0.3 is 0 Å². The lowest BCUT2D eigenvalue weighted by Gasteiger charge is -2.33. The lowest BCUT2D eigenvalue weighted by molar-refractivity contribution is -0.125. The van der Waals surface area contributed by atoms with E-state index in [0.29, 0.717) is 0 Å². The van der Waals surface area contributed by atoms with Crippen molar-refractivity contribution in [3.63, 3.8) is 0 Å². The van der Waals surface area contributed by atoms with Gasteiger partial charge in [-0.15, -0.1) is 0 Å². The summed E-state index contributed by atoms with van der Waals surface area (Å²) in [5.74, 6) is 0.902. The zero-order valence-electron chi connectivity index (χ0n) is 11.5. The molecule has 0 saturated carbocycles. The summed E-state index contributed by atoms with van der Waals surface area (Å²) in [5, 5.41) is 0. The molecule has 1 aliphatic heterocycles. The topological polar surface area (TPSA) is 29.5 Å². The minimum Gasteiger partial charge on any atom is -0.479 e. The second-order valence-electron chi connectivity index (χ2n) is 4.92. The maximum Gasteiger partial charge on any atom is 0.267 e. The molecule has 1 aliphatic rings. The number of carbonyl (C=O) groups excluding carboxylic acids is 1. The van der Waals surface area contributed by atoms with E-state index in [1.807, 2.05) is 30.0 Å². The van der Waals surface area contributed by atoms with Gasteiger partial charge in [0.2, 0.25) is 0 Å². The molecule has 0 bridgehead atoms. The number of anilines is 1. The standard InChI is InChI=1S/C15H20INO2/c1-3-4-5-6-9-17-13-8-7-12(16)10-14(13)19-11(2)15(17)18/h7-8,10-11H,3-6,9H2,1-2H3. The molecule has 1 unspecified atom stereocenters. The third kappa shape index (κ3) is 3.41. The molecule has 2 rings (SSSR count). The van der Waals surface area contributed by atoms with E-state index < -0.39 is 0 Å². The van der Waals surface area contributed by atoms with Crippen LogP contribution in [0.2, 0.25) is 0 Å². The van der Waals surface area contributed by atoms with Gasteiger partial charge in [0, 0.05) is 10.1 Å². The van der Waals surface area contributed by atoms with Crippen LogP contribution < -0.4 is 9.64 Å². The van der Waals surface area contributed by atoms with Crippen molar-refractivity contribution in [2.45, 2.75) is 45.6 Å². The molecule has 0 spiro atoms. The Kier molecular flexibility index (Phi) is 5.07. The molecule has 1 aromatic rings. The molecule has 0 aliphatic carbocycles. The van der Waals surface area contributed by atoms with Gasteiger partial charge in [0.25, 0.3) is 5.91 Å². The summed E-state index contributed by atoms with van der Waals surface area (Å²) in [5.41, 5.74) is 0.917. The van der Waals surface area contributed by atoms with Crippen LogP contribution in [0.3, 0.4) is 0 Å². The molecular weight excluding hydrogens is 353 g/mol. The van der Waals surface area contributed by atoms with Gasteiger partial charge in [-0.2, -0.15) is 0 Å². The number of rotatable bonds is 5. The zero-order chi connectivity index (χ0) is 13.8. The number of hydrogen-bond acceptors (Lipinski definition) is 2. The fraction of sp³-hybridized carbons (Fsp3) is 0.533. The maximum atomic E-state index is 12.2. The van der Waals surface area contributed by atoms with Crippen LogP contribution in [0.25, 0.3) is 0 Å². The first-order valence-corrected chi connectivity index (χ1v) is 7.99. The molecule has 1 atom stereocenters. The predicted molar refractivity (Wildman–Crippen MR) is 85.7 cm³/mol. The van der Waals surface area contributed by atoms with Crippen LogP contribution in [0.15, 0.2) is 18.2 Å². The normalized spacial score (nSPS) is 18.2. The highest BCUT2D eigenvalue weighted by atomic mass is 127. The average Bonchev–Trinajstić information content (AvgIpc) is 2.38. The van der Waals surface area contributed by atoms with Crippen LogP contribution in [0, 0.1) is 3.57 Å². The molecule has 1 amide bonds. The van der Waals surface area contributed by atoms with E-state index >= 15 is 0 Å². The van der Waals surface area contributed by atoms with Crippen molar-refractivity contribution >= 4 is 34.2 Å². The SMILES string of the molecule is CCCCCCN1C(=O)C(C)Oc2cc(I)ccc21. The largest absolute Gasteiger partial charge is 0.479 e. The van der Waals surface area contributed by atoms with Crippen molar-refractivity contribution in [3.05, 3.63) is 21.8 Å². The summed E-state index contributed by atoms with van der Waals surface area (Å²) < 4.78 is 6.82. The second kappa shape index (κ2) is 6.59. The maximum absolute atomic E-state index is 12.2. The lowest BCUT2D eigenvalue weighted by atomic mass is 10.1. The third-order valence-electron chi connectivity index (χ3n) is 3.37. The second-order valence-corrected chi connectivity index (χ2v) is 6.17. The zero-order valence-corrected chi connectivity index (χ0v) is 13.6. The van der Waals surface area contributed by atoms with Crippen molar-refractivity contribution in [2.75, 3.05) is 11.4 Å². The van der Waals surface area contributed by atoms with Crippen LogP contribution in [-0.4, -0.2) is 18.6 Å². The van der Waals surface area contributed by atoms with Gasteiger partial charge < -0.3 is 9.64 Å². The highest BCUT2D eigenvalue weighted by Gasteiger charge is 2.30. The monoisotopic (exact) mass is 373 g/mol. The van der Waals surface area contributed by atoms with E-state index in [2.05, 4.69) is 29.5 Å². The van der Waals surface area contributed by atoms with Crippen LogP contribution in [0.4, 0.5) is 5.69 Å². The van der Waals surface area contributed by atoms with Crippen LogP contribution in [0.1, 0.15) is 39.5 Å². The molecule has 1 heterocycles. The van der Waals surface area contributed by atoms with Crippen LogP contribution >= 0.6 is 22.6 Å². The molecule has 4 heteroatoms. The Morgan fingerprint density at radius 1 is 1.32 bits per heavy atom. The summed E-state index contributed by atoms with van der Waals surface area (Å²) >= 11 is 2.26. The highest BCUT2D eigenvalue weighted by molar-refractivity contribution is 14.1. The van der Waals surface area contributed by atoms with E-state index in [1.165, 1.54) is 19.3 Å². The molecule has 3 nitrogen and oxygen atoms in total. The highest BCUT2D eigenvalue weighted by Crippen LogP contribution is 2.35. The smallest absolute Gasteiger partial charge is 0.267 e. The first kappa shape index (κ1) is 14.6. The van der Waals surface area contributed by atoms with Gasteiger partial charge in [-0.05, 0) is 54.1 Å². The Bertz CT molecular complexity index is 461. The van der Waals surface area contributed by atoms with E-state index in [4.69, 9.17) is 4.74 Å². The molecule has 0 aromatic heterocycles. The Balaban J connectivity index is 2.14. The first-order chi connectivity index (χ1) is 9.13. The third-order valence-corrected chi connectivity index (χ3v) is 4.04. The van der Waals surface area contributed by atoms with E-state index in [-0.39, 0.29) is 12.0 Å². The molecular formula is C15H20INO2. The molecule has 0 radical (unpaired) electrons. The van der Waals surface area contributed by atoms with Crippen molar-refractivity contribution < 1.29 is 9.53 Å². The average molecular weight is 373 g/mol. The van der Waals surface area contributed by atoms with Gasteiger partial charge in [-0.25, -0.2) is 0 Å². The Morgan fingerprint density at radius 2 is 2.11 bits per heavy atom. The number of nitrogens with zero attached hydrogens (tertiary/aromatic N) is 1. The molecule has 1 aromatic carbocycles. The Morgan fingerprint density at radius 3 is 2.84 bits per heavy atom. The van der Waals surface area contributed by atoms with Gasteiger partial charge in [-0.3, -0.25) is 4.79 Å². The van der Waals surface area contributed by atoms with Crippen LogP contribution in [-0.2, 0) is 4.79 Å². The predicted octanol–water partition coefficient (Wildman–Crippen LogP) is 3.99. The number of benzene rings is 1. The molecule has 104 valence electrons. The van der Waals surface area contributed by atoms with E-state index in [9.17, 15) is 4.79 Å². The van der Waals surface area contributed by atoms with Crippen molar-refractivity contribution in [1.82, 2.24) is 0 Å². The van der Waals surface area contributed by atoms with Crippen LogP contribution in [0.5, 0.6) is 5.75 Å². The van der Waals surface area contributed by atoms with E-state index in [1.54, 1.807) is 0 Å². The Labute approximate surface area is 128 Å². The molecule has 19 heavy (non-hydrogen) atoms. The number of unbranched alkanes of at least 4 members (excludes halogenated alkanes) is 3. The Hall–Kier alpha value is -0.780.